The van der Waals surface area contributed by atoms with Crippen molar-refractivity contribution in [3.05, 3.63) is 58.7 Å². The van der Waals surface area contributed by atoms with Crippen LogP contribution in [0.5, 0.6) is 11.5 Å². The van der Waals surface area contributed by atoms with Crippen LogP contribution in [0.1, 0.15) is 22.3 Å². The number of phenolic OH excluding ortho intramolecular Hbond substituents is 2. The lowest BCUT2D eigenvalue weighted by molar-refractivity contribution is 0.467. The molecule has 4 nitrogen and oxygen atoms in total. The van der Waals surface area contributed by atoms with E-state index >= 15 is 0 Å². The molecule has 0 heterocycles. The molecular formula is C16H22N2O2. The molecule has 0 fully saturated rings. The number of aromatic hydroxyl groups is 2. The summed E-state index contributed by atoms with van der Waals surface area (Å²) in [7, 11) is 0. The van der Waals surface area contributed by atoms with Crippen molar-refractivity contribution < 1.29 is 10.2 Å². The Balaban J connectivity index is 0.000000200. The number of benzene rings is 2. The fourth-order valence-corrected chi connectivity index (χ4v) is 1.72. The third-order valence-corrected chi connectivity index (χ3v) is 2.92. The number of phenols is 2. The molecule has 2 rings (SSSR count). The van der Waals surface area contributed by atoms with Crippen molar-refractivity contribution in [2.45, 2.75) is 26.9 Å². The van der Waals surface area contributed by atoms with Gasteiger partial charge in [0.05, 0.1) is 0 Å². The van der Waals surface area contributed by atoms with Gasteiger partial charge in [0.15, 0.2) is 0 Å². The topological polar surface area (TPSA) is 92.5 Å². The fraction of sp³-hybridized carbons (Fsp3) is 0.250. The number of nitrogens with two attached hydrogens (primary N) is 2. The summed E-state index contributed by atoms with van der Waals surface area (Å²) in [4.78, 5) is 0. The first-order valence-electron chi connectivity index (χ1n) is 6.45. The Kier molecular flexibility index (Phi) is 6.03. The molecule has 20 heavy (non-hydrogen) atoms. The van der Waals surface area contributed by atoms with Gasteiger partial charge in [-0.1, -0.05) is 29.8 Å². The van der Waals surface area contributed by atoms with Crippen molar-refractivity contribution in [2.24, 2.45) is 11.5 Å². The predicted molar refractivity (Wildman–Crippen MR) is 81.5 cm³/mol. The summed E-state index contributed by atoms with van der Waals surface area (Å²) < 4.78 is 0. The van der Waals surface area contributed by atoms with Crippen LogP contribution in [0, 0.1) is 13.8 Å². The van der Waals surface area contributed by atoms with Gasteiger partial charge in [-0.2, -0.15) is 0 Å². The van der Waals surface area contributed by atoms with Crippen molar-refractivity contribution in [1.29, 1.82) is 0 Å². The maximum absolute atomic E-state index is 9.21. The first kappa shape index (κ1) is 16.0. The van der Waals surface area contributed by atoms with E-state index in [1.807, 2.05) is 38.1 Å². The standard InChI is InChI=1S/2C8H11NO/c1-6-2-3-8(10)7(4-6)5-9;1-6-2-3-7(5-9)8(10)4-6/h2*2-4,10H,5,9H2,1H3. The zero-order valence-corrected chi connectivity index (χ0v) is 11.9. The van der Waals surface area contributed by atoms with Crippen LogP contribution in [0.15, 0.2) is 36.4 Å². The molecule has 0 saturated heterocycles. The second-order valence-corrected chi connectivity index (χ2v) is 4.67. The summed E-state index contributed by atoms with van der Waals surface area (Å²) >= 11 is 0. The zero-order chi connectivity index (χ0) is 15.1. The Labute approximate surface area is 119 Å². The molecule has 0 amide bonds. The quantitative estimate of drug-likeness (QED) is 0.676. The minimum Gasteiger partial charge on any atom is -0.508 e. The summed E-state index contributed by atoms with van der Waals surface area (Å²) in [5, 5.41) is 18.4. The highest BCUT2D eigenvalue weighted by atomic mass is 16.3. The molecule has 0 bridgehead atoms. The monoisotopic (exact) mass is 274 g/mol. The van der Waals surface area contributed by atoms with E-state index in [4.69, 9.17) is 16.6 Å². The van der Waals surface area contributed by atoms with E-state index in [1.165, 1.54) is 0 Å². The number of rotatable bonds is 2. The van der Waals surface area contributed by atoms with E-state index < -0.39 is 0 Å². The number of hydrogen-bond donors (Lipinski definition) is 4. The molecule has 0 aliphatic heterocycles. The molecule has 6 N–H and O–H groups in total. The van der Waals surface area contributed by atoms with E-state index in [0.29, 0.717) is 18.8 Å². The van der Waals surface area contributed by atoms with Gasteiger partial charge < -0.3 is 21.7 Å². The highest BCUT2D eigenvalue weighted by Crippen LogP contribution is 2.17. The molecule has 108 valence electrons. The Morgan fingerprint density at radius 1 is 0.750 bits per heavy atom. The van der Waals surface area contributed by atoms with E-state index in [0.717, 1.165) is 22.3 Å². The van der Waals surface area contributed by atoms with Gasteiger partial charge in [0.1, 0.15) is 11.5 Å². The molecule has 0 spiro atoms. The highest BCUT2D eigenvalue weighted by molar-refractivity contribution is 5.36. The van der Waals surface area contributed by atoms with Crippen molar-refractivity contribution in [3.8, 4) is 11.5 Å². The average Bonchev–Trinajstić information content (AvgIpc) is 2.42. The molecule has 4 heteroatoms. The average molecular weight is 274 g/mol. The Hall–Kier alpha value is -2.04. The molecule has 0 aromatic heterocycles. The van der Waals surface area contributed by atoms with Crippen molar-refractivity contribution in [1.82, 2.24) is 0 Å². The van der Waals surface area contributed by atoms with E-state index in [1.54, 1.807) is 12.1 Å². The first-order chi connectivity index (χ1) is 9.47. The van der Waals surface area contributed by atoms with Crippen molar-refractivity contribution in [2.75, 3.05) is 0 Å². The Morgan fingerprint density at radius 2 is 1.30 bits per heavy atom. The highest BCUT2D eigenvalue weighted by Gasteiger charge is 1.97. The predicted octanol–water partition coefficient (Wildman–Crippen LogP) is 2.32. The molecular weight excluding hydrogens is 252 g/mol. The van der Waals surface area contributed by atoms with Gasteiger partial charge in [-0.15, -0.1) is 0 Å². The third kappa shape index (κ3) is 4.57. The van der Waals surface area contributed by atoms with Crippen LogP contribution in [-0.2, 0) is 13.1 Å². The van der Waals surface area contributed by atoms with Crippen molar-refractivity contribution in [3.63, 3.8) is 0 Å². The maximum Gasteiger partial charge on any atom is 0.120 e. The first-order valence-corrected chi connectivity index (χ1v) is 6.45. The Bertz CT molecular complexity index is 568. The molecule has 0 atom stereocenters. The minimum atomic E-state index is 0.285. The molecule has 0 aliphatic rings. The van der Waals surface area contributed by atoms with Crippen LogP contribution in [0.2, 0.25) is 0 Å². The van der Waals surface area contributed by atoms with E-state index in [9.17, 15) is 5.11 Å². The van der Waals surface area contributed by atoms with Crippen LogP contribution in [-0.4, -0.2) is 10.2 Å². The molecule has 0 aliphatic carbocycles. The minimum absolute atomic E-state index is 0.285. The second-order valence-electron chi connectivity index (χ2n) is 4.67. The van der Waals surface area contributed by atoms with Gasteiger partial charge >= 0.3 is 0 Å². The van der Waals surface area contributed by atoms with Crippen LogP contribution >= 0.6 is 0 Å². The van der Waals surface area contributed by atoms with Gasteiger partial charge in [0, 0.05) is 24.2 Å². The normalized spacial score (nSPS) is 9.80. The van der Waals surface area contributed by atoms with E-state index in [-0.39, 0.29) is 5.75 Å². The second kappa shape index (κ2) is 7.53. The van der Waals surface area contributed by atoms with Crippen LogP contribution < -0.4 is 11.5 Å². The smallest absolute Gasteiger partial charge is 0.120 e. The summed E-state index contributed by atoms with van der Waals surface area (Å²) in [5.41, 5.74) is 14.5. The van der Waals surface area contributed by atoms with Gasteiger partial charge in [-0.3, -0.25) is 0 Å². The maximum atomic E-state index is 9.21. The van der Waals surface area contributed by atoms with Crippen LogP contribution in [0.4, 0.5) is 0 Å². The van der Waals surface area contributed by atoms with Gasteiger partial charge in [-0.05, 0) is 31.5 Å². The van der Waals surface area contributed by atoms with Crippen molar-refractivity contribution >= 4 is 0 Å². The molecule has 0 unspecified atom stereocenters. The fourth-order valence-electron chi connectivity index (χ4n) is 1.72. The SMILES string of the molecule is Cc1ccc(CN)c(O)c1.Cc1ccc(O)c(CN)c1. The zero-order valence-electron chi connectivity index (χ0n) is 11.9. The molecule has 2 aromatic carbocycles. The number of hydrogen-bond acceptors (Lipinski definition) is 4. The number of aryl methyl sites for hydroxylation is 2. The summed E-state index contributed by atoms with van der Waals surface area (Å²) in [6, 6.07) is 10.9. The lowest BCUT2D eigenvalue weighted by Gasteiger charge is -2.00. The lowest BCUT2D eigenvalue weighted by atomic mass is 10.1. The Morgan fingerprint density at radius 3 is 1.80 bits per heavy atom. The van der Waals surface area contributed by atoms with Gasteiger partial charge in [0.25, 0.3) is 0 Å². The van der Waals surface area contributed by atoms with E-state index in [2.05, 4.69) is 0 Å². The summed E-state index contributed by atoms with van der Waals surface area (Å²) in [5.74, 6) is 0.579. The molecule has 2 aromatic rings. The molecule has 0 saturated carbocycles. The molecule has 0 radical (unpaired) electrons. The van der Waals surface area contributed by atoms with Crippen LogP contribution in [0.3, 0.4) is 0 Å². The lowest BCUT2D eigenvalue weighted by Crippen LogP contribution is -1.96. The van der Waals surface area contributed by atoms with Crippen LogP contribution in [0.25, 0.3) is 0 Å². The largest absolute Gasteiger partial charge is 0.508 e. The third-order valence-electron chi connectivity index (χ3n) is 2.92. The summed E-state index contributed by atoms with van der Waals surface area (Å²) in [6.45, 7) is 4.69. The van der Waals surface area contributed by atoms with Gasteiger partial charge in [0.2, 0.25) is 0 Å². The van der Waals surface area contributed by atoms with Gasteiger partial charge in [-0.25, -0.2) is 0 Å². The summed E-state index contributed by atoms with van der Waals surface area (Å²) in [6.07, 6.45) is 0.